The van der Waals surface area contributed by atoms with Gasteiger partial charge >= 0.3 is 0 Å². The van der Waals surface area contributed by atoms with Gasteiger partial charge in [-0.15, -0.1) is 0 Å². The number of amides is 1. The van der Waals surface area contributed by atoms with Gasteiger partial charge in [0.05, 0.1) is 13.1 Å². The molecule has 0 aliphatic rings. The van der Waals surface area contributed by atoms with Crippen LogP contribution in [-0.2, 0) is 4.79 Å². The second-order valence-corrected chi connectivity index (χ2v) is 5.04. The summed E-state index contributed by atoms with van der Waals surface area (Å²) < 4.78 is 5.45. The molecular formula is C15H25ClN2O3. The molecule has 1 aromatic carbocycles. The highest BCUT2D eigenvalue weighted by atomic mass is 35.5. The molecule has 4 N–H and O–H groups in total. The van der Waals surface area contributed by atoms with Gasteiger partial charge in [-0.05, 0) is 12.1 Å². The molecule has 1 unspecified atom stereocenters. The van der Waals surface area contributed by atoms with Crippen LogP contribution in [0.5, 0.6) is 5.75 Å². The Labute approximate surface area is 132 Å². The summed E-state index contributed by atoms with van der Waals surface area (Å²) in [5, 5.41) is 14.6. The summed E-state index contributed by atoms with van der Waals surface area (Å²) in [7, 11) is 0. The van der Waals surface area contributed by atoms with Crippen LogP contribution >= 0.6 is 0 Å². The molecule has 0 fully saturated rings. The Morgan fingerprint density at radius 2 is 2.00 bits per heavy atom. The molecule has 1 rings (SSSR count). The van der Waals surface area contributed by atoms with Crippen LogP contribution < -0.4 is 27.8 Å². The maximum Gasteiger partial charge on any atom is 0.222 e. The molecule has 0 aromatic heterocycles. The van der Waals surface area contributed by atoms with E-state index in [0.29, 0.717) is 13.1 Å². The van der Waals surface area contributed by atoms with Gasteiger partial charge in [-0.25, -0.2) is 0 Å². The number of nitrogens with two attached hydrogens (primary N) is 1. The summed E-state index contributed by atoms with van der Waals surface area (Å²) in [5.74, 6) is 0.835. The van der Waals surface area contributed by atoms with Crippen molar-refractivity contribution in [2.24, 2.45) is 5.92 Å². The fraction of sp³-hybridized carbons (Fsp3) is 0.533. The number of hydrogen-bond acceptors (Lipinski definition) is 3. The van der Waals surface area contributed by atoms with E-state index in [4.69, 9.17) is 4.74 Å². The van der Waals surface area contributed by atoms with Crippen LogP contribution in [0.25, 0.3) is 0 Å². The van der Waals surface area contributed by atoms with Gasteiger partial charge in [0.2, 0.25) is 5.91 Å². The van der Waals surface area contributed by atoms with Crippen molar-refractivity contribution < 1.29 is 32.4 Å². The number of para-hydroxylation sites is 1. The molecule has 0 bridgehead atoms. The number of hydrogen-bond donors (Lipinski definition) is 3. The Bertz CT molecular complexity index is 388. The minimum atomic E-state index is -0.518. The van der Waals surface area contributed by atoms with E-state index in [1.807, 2.05) is 49.5 Å². The molecule has 6 heteroatoms. The quantitative estimate of drug-likeness (QED) is 0.419. The zero-order valence-corrected chi connectivity index (χ0v) is 13.3. The van der Waals surface area contributed by atoms with Gasteiger partial charge in [-0.3, -0.25) is 4.79 Å². The number of carbonyl (C=O) groups excluding carboxylic acids is 1. The van der Waals surface area contributed by atoms with Gasteiger partial charge in [0.15, 0.2) is 0 Å². The zero-order valence-electron chi connectivity index (χ0n) is 12.6. The van der Waals surface area contributed by atoms with E-state index in [2.05, 4.69) is 5.32 Å². The van der Waals surface area contributed by atoms with E-state index in [0.717, 1.165) is 12.3 Å². The van der Waals surface area contributed by atoms with Crippen molar-refractivity contribution in [3.8, 4) is 5.75 Å². The number of ether oxygens (including phenoxy) is 1. The van der Waals surface area contributed by atoms with Crippen LogP contribution in [0.4, 0.5) is 0 Å². The number of quaternary nitrogens is 1. The van der Waals surface area contributed by atoms with Crippen LogP contribution in [0.2, 0.25) is 0 Å². The number of carbonyl (C=O) groups is 1. The van der Waals surface area contributed by atoms with E-state index in [1.165, 1.54) is 0 Å². The second kappa shape index (κ2) is 11.4. The molecule has 0 heterocycles. The summed E-state index contributed by atoms with van der Waals surface area (Å²) in [6.45, 7) is 5.93. The third kappa shape index (κ3) is 9.28. The summed E-state index contributed by atoms with van der Waals surface area (Å²) in [4.78, 5) is 11.3. The van der Waals surface area contributed by atoms with Crippen LogP contribution in [-0.4, -0.2) is 43.4 Å². The number of aliphatic hydroxyl groups excluding tert-OH is 1. The monoisotopic (exact) mass is 316 g/mol. The van der Waals surface area contributed by atoms with E-state index >= 15 is 0 Å². The molecule has 0 saturated heterocycles. The Balaban J connectivity index is 0.00000400. The van der Waals surface area contributed by atoms with Crippen molar-refractivity contribution in [2.45, 2.75) is 20.0 Å². The molecule has 0 aliphatic carbocycles. The maximum atomic E-state index is 11.3. The smallest absolute Gasteiger partial charge is 0.222 e. The molecule has 0 aliphatic heterocycles. The summed E-state index contributed by atoms with van der Waals surface area (Å²) in [6.07, 6.45) is -0.518. The van der Waals surface area contributed by atoms with Gasteiger partial charge < -0.3 is 32.9 Å². The third-order valence-electron chi connectivity index (χ3n) is 2.80. The fourth-order valence-electron chi connectivity index (χ4n) is 1.59. The van der Waals surface area contributed by atoms with Gasteiger partial charge in [0.25, 0.3) is 0 Å². The highest BCUT2D eigenvalue weighted by Crippen LogP contribution is 2.07. The average molecular weight is 317 g/mol. The van der Waals surface area contributed by atoms with E-state index in [9.17, 15) is 9.90 Å². The van der Waals surface area contributed by atoms with Crippen LogP contribution in [0.1, 0.15) is 13.8 Å². The number of nitrogens with one attached hydrogen (secondary N) is 1. The van der Waals surface area contributed by atoms with Gasteiger partial charge in [0, 0.05) is 5.92 Å². The normalized spacial score (nSPS) is 11.6. The van der Waals surface area contributed by atoms with E-state index in [1.54, 1.807) is 0 Å². The molecule has 1 aromatic rings. The lowest BCUT2D eigenvalue weighted by atomic mass is 10.2. The van der Waals surface area contributed by atoms with Crippen molar-refractivity contribution in [3.05, 3.63) is 30.3 Å². The topological polar surface area (TPSA) is 75.2 Å². The lowest BCUT2D eigenvalue weighted by molar-refractivity contribution is -0.659. The molecule has 120 valence electrons. The summed E-state index contributed by atoms with van der Waals surface area (Å²) in [5.41, 5.74) is 0. The first-order valence-corrected chi connectivity index (χ1v) is 7.05. The predicted octanol–water partition coefficient (Wildman–Crippen LogP) is -3.23. The molecule has 1 amide bonds. The van der Waals surface area contributed by atoms with Crippen LogP contribution in [0.3, 0.4) is 0 Å². The van der Waals surface area contributed by atoms with E-state index < -0.39 is 6.10 Å². The number of rotatable bonds is 9. The van der Waals surface area contributed by atoms with Crippen LogP contribution in [0.15, 0.2) is 30.3 Å². The van der Waals surface area contributed by atoms with Crippen molar-refractivity contribution in [1.82, 2.24) is 5.32 Å². The Kier molecular flexibility index (Phi) is 10.7. The summed E-state index contributed by atoms with van der Waals surface area (Å²) >= 11 is 0. The molecule has 21 heavy (non-hydrogen) atoms. The lowest BCUT2D eigenvalue weighted by Crippen LogP contribution is -3.00. The fourth-order valence-corrected chi connectivity index (χ4v) is 1.59. The predicted molar refractivity (Wildman–Crippen MR) is 77.5 cm³/mol. The standard InChI is InChI=1S/C15H24N2O3.ClH/c1-12(2)15(19)17-9-8-16-10-13(18)11-20-14-6-4-3-5-7-14;/h3-7,12-13,16,18H,8-11H2,1-2H3,(H,17,19);1H. The Morgan fingerprint density at radius 1 is 1.33 bits per heavy atom. The first kappa shape index (κ1) is 19.7. The minimum absolute atomic E-state index is 0. The first-order chi connectivity index (χ1) is 9.59. The molecule has 0 saturated carbocycles. The van der Waals surface area contributed by atoms with E-state index in [-0.39, 0.29) is 30.8 Å². The Hall–Kier alpha value is -1.30. The molecular weight excluding hydrogens is 292 g/mol. The second-order valence-electron chi connectivity index (χ2n) is 5.04. The SMILES string of the molecule is CC(C)C(=O)NCC[NH2+]CC(O)COc1ccccc1.[Cl-]. The lowest BCUT2D eigenvalue weighted by Gasteiger charge is -2.12. The van der Waals surface area contributed by atoms with Crippen LogP contribution in [0, 0.1) is 5.92 Å². The largest absolute Gasteiger partial charge is 1.00 e. The molecule has 0 radical (unpaired) electrons. The molecule has 5 nitrogen and oxygen atoms in total. The molecule has 1 atom stereocenters. The van der Waals surface area contributed by atoms with Crippen molar-refractivity contribution in [1.29, 1.82) is 0 Å². The summed E-state index contributed by atoms with van der Waals surface area (Å²) in [6, 6.07) is 9.43. The number of halogens is 1. The van der Waals surface area contributed by atoms with Crippen molar-refractivity contribution in [3.63, 3.8) is 0 Å². The number of benzene rings is 1. The first-order valence-electron chi connectivity index (χ1n) is 7.05. The Morgan fingerprint density at radius 3 is 2.62 bits per heavy atom. The minimum Gasteiger partial charge on any atom is -1.00 e. The maximum absolute atomic E-state index is 11.3. The highest BCUT2D eigenvalue weighted by molar-refractivity contribution is 5.77. The number of aliphatic hydroxyl groups is 1. The zero-order chi connectivity index (χ0) is 14.8. The van der Waals surface area contributed by atoms with Gasteiger partial charge in [0.1, 0.15) is 25.0 Å². The highest BCUT2D eigenvalue weighted by Gasteiger charge is 2.08. The van der Waals surface area contributed by atoms with Gasteiger partial charge in [-0.2, -0.15) is 0 Å². The average Bonchev–Trinajstić information content (AvgIpc) is 2.45. The third-order valence-corrected chi connectivity index (χ3v) is 2.80. The molecule has 0 spiro atoms. The van der Waals surface area contributed by atoms with Crippen molar-refractivity contribution >= 4 is 5.91 Å². The van der Waals surface area contributed by atoms with Crippen molar-refractivity contribution in [2.75, 3.05) is 26.2 Å². The van der Waals surface area contributed by atoms with Gasteiger partial charge in [-0.1, -0.05) is 32.0 Å².